The molecule has 0 aliphatic heterocycles. The third-order valence-corrected chi connectivity index (χ3v) is 3.16. The molecule has 0 radical (unpaired) electrons. The third kappa shape index (κ3) is 1.95. The second-order valence-electron chi connectivity index (χ2n) is 4.39. The van der Waals surface area contributed by atoms with Gasteiger partial charge in [-0.1, -0.05) is 30.3 Å². The first kappa shape index (κ1) is 12.2. The van der Waals surface area contributed by atoms with Crippen molar-refractivity contribution in [3.05, 3.63) is 58.7 Å². The Morgan fingerprint density at radius 3 is 2.22 bits per heavy atom. The van der Waals surface area contributed by atoms with Gasteiger partial charge >= 0.3 is 0 Å². The monoisotopic (exact) mass is 240 g/mol. The molecule has 0 bridgehead atoms. The van der Waals surface area contributed by atoms with Gasteiger partial charge in [0.1, 0.15) is 0 Å². The van der Waals surface area contributed by atoms with Gasteiger partial charge in [0.25, 0.3) is 0 Å². The zero-order chi connectivity index (χ0) is 13.3. The molecule has 0 aliphatic carbocycles. The zero-order valence-corrected chi connectivity index (χ0v) is 10.5. The molecule has 2 aromatic rings. The highest BCUT2D eigenvalue weighted by Gasteiger charge is 2.16. The molecule has 0 aliphatic rings. The van der Waals surface area contributed by atoms with Crippen molar-refractivity contribution in [3.8, 4) is 0 Å². The van der Waals surface area contributed by atoms with E-state index in [2.05, 4.69) is 0 Å². The summed E-state index contributed by atoms with van der Waals surface area (Å²) in [5.74, 6) is -0.0701. The molecule has 0 fully saturated rings. The Hall–Kier alpha value is -2.29. The number of carbonyl (C=O) groups excluding carboxylic acids is 1. The lowest BCUT2D eigenvalue weighted by Crippen LogP contribution is -2.09. The first-order valence-electron chi connectivity index (χ1n) is 5.77. The summed E-state index contributed by atoms with van der Waals surface area (Å²) in [7, 11) is 0. The normalized spacial score (nSPS) is 10.3. The summed E-state index contributed by atoms with van der Waals surface area (Å²) in [4.78, 5) is 12.4. The predicted molar refractivity (Wildman–Crippen MR) is 74.6 cm³/mol. The van der Waals surface area contributed by atoms with E-state index in [0.717, 1.165) is 11.1 Å². The zero-order valence-electron chi connectivity index (χ0n) is 10.5. The molecule has 0 atom stereocenters. The summed E-state index contributed by atoms with van der Waals surface area (Å²) in [6, 6.07) is 10.9. The van der Waals surface area contributed by atoms with Gasteiger partial charge in [0.05, 0.1) is 0 Å². The van der Waals surface area contributed by atoms with Crippen LogP contribution in [0.4, 0.5) is 11.4 Å². The van der Waals surface area contributed by atoms with Crippen molar-refractivity contribution < 1.29 is 4.79 Å². The molecule has 0 heterocycles. The van der Waals surface area contributed by atoms with E-state index in [-0.39, 0.29) is 5.78 Å². The van der Waals surface area contributed by atoms with Gasteiger partial charge in [-0.25, -0.2) is 0 Å². The fourth-order valence-electron chi connectivity index (χ4n) is 1.95. The van der Waals surface area contributed by atoms with Crippen LogP contribution in [0.15, 0.2) is 36.4 Å². The minimum absolute atomic E-state index is 0.0701. The number of ketones is 1. The first-order valence-corrected chi connectivity index (χ1v) is 5.77. The summed E-state index contributed by atoms with van der Waals surface area (Å²) in [5.41, 5.74) is 15.8. The van der Waals surface area contributed by atoms with Crippen LogP contribution >= 0.6 is 0 Å². The summed E-state index contributed by atoms with van der Waals surface area (Å²) < 4.78 is 0. The largest absolute Gasteiger partial charge is 0.398 e. The van der Waals surface area contributed by atoms with Crippen molar-refractivity contribution in [2.45, 2.75) is 13.8 Å². The van der Waals surface area contributed by atoms with Crippen molar-refractivity contribution in [2.24, 2.45) is 0 Å². The first-order chi connectivity index (χ1) is 8.52. The number of hydrogen-bond acceptors (Lipinski definition) is 3. The molecule has 3 nitrogen and oxygen atoms in total. The van der Waals surface area contributed by atoms with E-state index < -0.39 is 0 Å². The van der Waals surface area contributed by atoms with E-state index in [1.807, 2.05) is 32.0 Å². The molecule has 0 spiro atoms. The molecule has 18 heavy (non-hydrogen) atoms. The van der Waals surface area contributed by atoms with Crippen molar-refractivity contribution >= 4 is 17.2 Å². The van der Waals surface area contributed by atoms with Crippen LogP contribution in [0.3, 0.4) is 0 Å². The number of nitrogens with two attached hydrogens (primary N) is 2. The van der Waals surface area contributed by atoms with Crippen molar-refractivity contribution in [3.63, 3.8) is 0 Å². The van der Waals surface area contributed by atoms with E-state index in [0.29, 0.717) is 22.5 Å². The molecule has 0 amide bonds. The number of benzene rings is 2. The van der Waals surface area contributed by atoms with Gasteiger partial charge in [-0.2, -0.15) is 0 Å². The number of nitrogen functional groups attached to an aromatic ring is 2. The molecular formula is C15H16N2O. The lowest BCUT2D eigenvalue weighted by atomic mass is 9.96. The smallest absolute Gasteiger partial charge is 0.195 e. The Bertz CT molecular complexity index is 604. The molecular weight excluding hydrogens is 224 g/mol. The number of carbonyl (C=O) groups is 1. The molecule has 0 saturated carbocycles. The van der Waals surface area contributed by atoms with Crippen LogP contribution in [-0.2, 0) is 0 Å². The lowest BCUT2D eigenvalue weighted by Gasteiger charge is -2.12. The van der Waals surface area contributed by atoms with Crippen LogP contribution in [0, 0.1) is 13.8 Å². The quantitative estimate of drug-likeness (QED) is 0.626. The Morgan fingerprint density at radius 1 is 1.00 bits per heavy atom. The van der Waals surface area contributed by atoms with E-state index in [1.54, 1.807) is 18.2 Å². The average molecular weight is 240 g/mol. The molecule has 2 rings (SSSR count). The number of aryl methyl sites for hydroxylation is 1. The number of hydrogen-bond donors (Lipinski definition) is 2. The molecule has 92 valence electrons. The second-order valence-corrected chi connectivity index (χ2v) is 4.39. The Balaban J connectivity index is 2.56. The van der Waals surface area contributed by atoms with Crippen LogP contribution in [-0.4, -0.2) is 5.78 Å². The van der Waals surface area contributed by atoms with Gasteiger partial charge in [-0.15, -0.1) is 0 Å². The standard InChI is InChI=1S/C15H16N2O/c1-9-8-12(14(17)10(2)13(9)16)15(18)11-6-4-3-5-7-11/h3-8H,16-17H2,1-2H3. The molecule has 0 unspecified atom stereocenters. The van der Waals surface area contributed by atoms with Crippen LogP contribution in [0.5, 0.6) is 0 Å². The highest BCUT2D eigenvalue weighted by atomic mass is 16.1. The van der Waals surface area contributed by atoms with Crippen molar-refractivity contribution in [1.29, 1.82) is 0 Å². The maximum atomic E-state index is 12.4. The van der Waals surface area contributed by atoms with E-state index in [1.165, 1.54) is 0 Å². The lowest BCUT2D eigenvalue weighted by molar-refractivity contribution is 0.103. The summed E-state index contributed by atoms with van der Waals surface area (Å²) >= 11 is 0. The van der Waals surface area contributed by atoms with Gasteiger partial charge in [-0.3, -0.25) is 4.79 Å². The van der Waals surface area contributed by atoms with Gasteiger partial charge in [0.15, 0.2) is 5.78 Å². The summed E-state index contributed by atoms with van der Waals surface area (Å²) in [5, 5.41) is 0. The minimum atomic E-state index is -0.0701. The van der Waals surface area contributed by atoms with E-state index in [4.69, 9.17) is 11.5 Å². The van der Waals surface area contributed by atoms with Crippen LogP contribution < -0.4 is 11.5 Å². The summed E-state index contributed by atoms with van der Waals surface area (Å²) in [6.07, 6.45) is 0. The molecule has 0 saturated heterocycles. The molecule has 2 aromatic carbocycles. The van der Waals surface area contributed by atoms with E-state index in [9.17, 15) is 4.79 Å². The van der Waals surface area contributed by atoms with Gasteiger partial charge in [0.2, 0.25) is 0 Å². The summed E-state index contributed by atoms with van der Waals surface area (Å²) in [6.45, 7) is 3.71. The molecule has 4 N–H and O–H groups in total. The SMILES string of the molecule is Cc1cc(C(=O)c2ccccc2)c(N)c(C)c1N. The highest BCUT2D eigenvalue weighted by Crippen LogP contribution is 2.28. The maximum absolute atomic E-state index is 12.4. The highest BCUT2D eigenvalue weighted by molar-refractivity contribution is 6.13. The molecule has 0 aromatic heterocycles. The van der Waals surface area contributed by atoms with Crippen LogP contribution in [0.25, 0.3) is 0 Å². The van der Waals surface area contributed by atoms with Gasteiger partial charge in [0, 0.05) is 22.5 Å². The van der Waals surface area contributed by atoms with Crippen LogP contribution in [0.2, 0.25) is 0 Å². The maximum Gasteiger partial charge on any atom is 0.195 e. The van der Waals surface area contributed by atoms with Gasteiger partial charge in [-0.05, 0) is 31.0 Å². The van der Waals surface area contributed by atoms with Crippen LogP contribution in [0.1, 0.15) is 27.0 Å². The fourth-order valence-corrected chi connectivity index (χ4v) is 1.95. The van der Waals surface area contributed by atoms with Crippen molar-refractivity contribution in [2.75, 3.05) is 11.5 Å². The van der Waals surface area contributed by atoms with E-state index >= 15 is 0 Å². The predicted octanol–water partition coefficient (Wildman–Crippen LogP) is 2.70. The minimum Gasteiger partial charge on any atom is -0.398 e. The Morgan fingerprint density at radius 2 is 1.61 bits per heavy atom. The second kappa shape index (κ2) is 4.53. The topological polar surface area (TPSA) is 69.1 Å². The van der Waals surface area contributed by atoms with Gasteiger partial charge < -0.3 is 11.5 Å². The number of anilines is 2. The fraction of sp³-hybridized carbons (Fsp3) is 0.133. The third-order valence-electron chi connectivity index (χ3n) is 3.16. The molecule has 3 heteroatoms. The average Bonchev–Trinajstić information content (AvgIpc) is 2.41. The Labute approximate surface area is 106 Å². The Kier molecular flexibility index (Phi) is 3.06. The number of rotatable bonds is 2. The van der Waals surface area contributed by atoms with Crippen molar-refractivity contribution in [1.82, 2.24) is 0 Å².